The minimum absolute atomic E-state index is 0.0207. The molecule has 103 heavy (non-hydrogen) atoms. The van der Waals surface area contributed by atoms with E-state index in [0.29, 0.717) is 0 Å². The van der Waals surface area contributed by atoms with Gasteiger partial charge in [-0.05, 0) is 226 Å². The molecule has 0 radical (unpaired) electrons. The van der Waals surface area contributed by atoms with Crippen LogP contribution < -0.4 is 26.2 Å². The van der Waals surface area contributed by atoms with Gasteiger partial charge in [0.15, 0.2) is 0 Å². The lowest BCUT2D eigenvalue weighted by Crippen LogP contribution is -2.61. The summed E-state index contributed by atoms with van der Waals surface area (Å²) in [5, 5.41) is 4.93. The maximum absolute atomic E-state index is 2.63. The Balaban J connectivity index is 0.889. The lowest BCUT2D eigenvalue weighted by atomic mass is 9.33. The predicted octanol–water partition coefficient (Wildman–Crippen LogP) is 24.6. The van der Waals surface area contributed by atoms with E-state index in [2.05, 4.69) is 374 Å². The van der Waals surface area contributed by atoms with Gasteiger partial charge in [-0.2, -0.15) is 0 Å². The molecule has 0 bridgehead atoms. The Morgan fingerprint density at radius 3 is 1.17 bits per heavy atom. The second kappa shape index (κ2) is 22.8. The van der Waals surface area contributed by atoms with Crippen molar-refractivity contribution in [3.8, 4) is 55.9 Å². The lowest BCUT2D eigenvalue weighted by molar-refractivity contribution is 0.332. The fraction of sp³-hybridized carbons (Fsp3) is 0.204. The molecule has 2 aliphatic heterocycles. The van der Waals surface area contributed by atoms with E-state index in [1.54, 1.807) is 0 Å². The normalized spacial score (nSPS) is 16.0. The van der Waals surface area contributed by atoms with Crippen LogP contribution in [0.3, 0.4) is 0 Å². The van der Waals surface area contributed by atoms with E-state index in [-0.39, 0.29) is 33.8 Å². The van der Waals surface area contributed by atoms with Gasteiger partial charge in [0, 0.05) is 61.4 Å². The van der Waals surface area contributed by atoms with Crippen molar-refractivity contribution in [3.63, 3.8) is 0 Å². The van der Waals surface area contributed by atoms with Crippen molar-refractivity contribution in [2.24, 2.45) is 0 Å². The fourth-order valence-electron chi connectivity index (χ4n) is 18.5. The first-order valence-corrected chi connectivity index (χ1v) is 37.4. The maximum Gasteiger partial charge on any atom is 0.252 e. The molecule has 2 aliphatic carbocycles. The summed E-state index contributed by atoms with van der Waals surface area (Å²) in [5.74, 6) is 0. The maximum atomic E-state index is 2.63. The van der Waals surface area contributed by atoms with Crippen molar-refractivity contribution in [1.82, 2.24) is 9.13 Å². The molecule has 0 saturated heterocycles. The van der Waals surface area contributed by atoms with Crippen LogP contribution in [0.5, 0.6) is 0 Å². The Bertz CT molecular complexity index is 5920. The van der Waals surface area contributed by atoms with Gasteiger partial charge in [-0.25, -0.2) is 0 Å². The molecule has 13 aromatic carbocycles. The zero-order chi connectivity index (χ0) is 70.2. The molecule has 0 atom stereocenters. The van der Waals surface area contributed by atoms with Gasteiger partial charge in [0.2, 0.25) is 0 Å². The van der Waals surface area contributed by atoms with Gasteiger partial charge in [0.05, 0.1) is 27.8 Å². The van der Waals surface area contributed by atoms with Crippen molar-refractivity contribution in [2.75, 3.05) is 9.80 Å². The standard InChI is InChI=1S/C98H87BN4/c1-94(2,3)70-39-29-63(30-40-70)69-38-50-89-84(58-69)99-83-48-45-73(102-85-26-18-15-23-75(85)76-24-16-19-27-86(76)102)59-90(83)101(72-43-33-65(34-44-72)68-36-47-80-82(57-68)98(10,11)54-52-96(80,6)7)92-61-74(103-87-28-20-17-25-77(87)78-55-66(37-49-88(78)103)62-21-13-12-14-22-62)60-91(93(92)99)100(89)71-41-31-64(32-42-71)67-35-46-79-81(56-67)97(8,9)53-51-95(79,4)5/h12-50,55-61H,51-54H2,1-11H3. The van der Waals surface area contributed by atoms with Crippen LogP contribution in [0.15, 0.2) is 279 Å². The van der Waals surface area contributed by atoms with E-state index in [1.165, 1.54) is 153 Å². The third kappa shape index (κ3) is 9.99. The van der Waals surface area contributed by atoms with Gasteiger partial charge >= 0.3 is 0 Å². The minimum atomic E-state index is -0.172. The monoisotopic (exact) mass is 1330 g/mol. The highest BCUT2D eigenvalue weighted by Crippen LogP contribution is 2.52. The van der Waals surface area contributed by atoms with Crippen LogP contribution >= 0.6 is 0 Å². The molecule has 502 valence electrons. The van der Waals surface area contributed by atoms with Crippen LogP contribution in [-0.2, 0) is 27.1 Å². The number of aromatic nitrogens is 2. The molecular weight excluding hydrogens is 1240 g/mol. The summed E-state index contributed by atoms with van der Waals surface area (Å²) in [6, 6.07) is 108. The lowest BCUT2D eigenvalue weighted by Gasteiger charge is -2.44. The van der Waals surface area contributed by atoms with E-state index in [1.807, 2.05) is 0 Å². The highest BCUT2D eigenvalue weighted by Gasteiger charge is 2.45. The molecule has 4 aliphatic rings. The van der Waals surface area contributed by atoms with Crippen molar-refractivity contribution in [3.05, 3.63) is 307 Å². The summed E-state index contributed by atoms with van der Waals surface area (Å²) < 4.78 is 5.05. The van der Waals surface area contributed by atoms with Crippen molar-refractivity contribution in [2.45, 2.75) is 129 Å². The molecule has 5 heteroatoms. The number of hydrogen-bond acceptors (Lipinski definition) is 2. The summed E-state index contributed by atoms with van der Waals surface area (Å²) >= 11 is 0. The van der Waals surface area contributed by atoms with Crippen LogP contribution in [0.25, 0.3) is 99.5 Å². The molecule has 2 aromatic heterocycles. The average Bonchev–Trinajstić information content (AvgIpc) is 1.23. The van der Waals surface area contributed by atoms with E-state index in [0.717, 1.165) is 50.8 Å². The Morgan fingerprint density at radius 2 is 0.650 bits per heavy atom. The highest BCUT2D eigenvalue weighted by atomic mass is 15.2. The van der Waals surface area contributed by atoms with Crippen LogP contribution in [0, 0.1) is 0 Å². The Labute approximate surface area is 607 Å². The molecule has 0 saturated carbocycles. The number of hydrogen-bond donors (Lipinski definition) is 0. The van der Waals surface area contributed by atoms with Crippen LogP contribution in [0.4, 0.5) is 34.1 Å². The average molecular weight is 1330 g/mol. The predicted molar refractivity (Wildman–Crippen MR) is 440 cm³/mol. The van der Waals surface area contributed by atoms with E-state index in [9.17, 15) is 0 Å². The zero-order valence-corrected chi connectivity index (χ0v) is 61.3. The van der Waals surface area contributed by atoms with Gasteiger partial charge < -0.3 is 18.9 Å². The largest absolute Gasteiger partial charge is 0.311 e. The smallest absolute Gasteiger partial charge is 0.252 e. The summed E-state index contributed by atoms with van der Waals surface area (Å²) in [7, 11) is 0. The highest BCUT2D eigenvalue weighted by molar-refractivity contribution is 7.00. The second-order valence-corrected chi connectivity index (χ2v) is 33.8. The van der Waals surface area contributed by atoms with Gasteiger partial charge in [-0.1, -0.05) is 270 Å². The number of para-hydroxylation sites is 3. The quantitative estimate of drug-likeness (QED) is 0.141. The van der Waals surface area contributed by atoms with Crippen molar-refractivity contribution >= 4 is 101 Å². The molecule has 4 nitrogen and oxygen atoms in total. The summed E-state index contributed by atoms with van der Waals surface area (Å²) in [6.45, 7) is 26.2. The molecule has 15 aromatic rings. The van der Waals surface area contributed by atoms with Gasteiger partial charge in [-0.3, -0.25) is 0 Å². The number of benzene rings is 13. The first-order chi connectivity index (χ1) is 49.7. The third-order valence-corrected chi connectivity index (χ3v) is 24.6. The number of anilines is 6. The molecule has 19 rings (SSSR count). The molecule has 0 spiro atoms. The zero-order valence-electron chi connectivity index (χ0n) is 61.3. The molecular formula is C98H87BN4. The van der Waals surface area contributed by atoms with Gasteiger partial charge in [0.1, 0.15) is 0 Å². The Hall–Kier alpha value is -10.9. The Morgan fingerprint density at radius 1 is 0.272 bits per heavy atom. The van der Waals surface area contributed by atoms with E-state index < -0.39 is 0 Å². The van der Waals surface area contributed by atoms with Crippen molar-refractivity contribution in [1.29, 1.82) is 0 Å². The number of nitrogens with zero attached hydrogens (tertiary/aromatic N) is 4. The van der Waals surface area contributed by atoms with Crippen LogP contribution in [-0.4, -0.2) is 15.8 Å². The fourth-order valence-corrected chi connectivity index (χ4v) is 18.5. The molecule has 4 heterocycles. The van der Waals surface area contributed by atoms with Gasteiger partial charge in [-0.15, -0.1) is 0 Å². The topological polar surface area (TPSA) is 16.3 Å². The third-order valence-electron chi connectivity index (χ3n) is 24.6. The first-order valence-electron chi connectivity index (χ1n) is 37.4. The van der Waals surface area contributed by atoms with Crippen LogP contribution in [0.2, 0.25) is 0 Å². The summed E-state index contributed by atoms with van der Waals surface area (Å²) in [6.07, 6.45) is 4.71. The first kappa shape index (κ1) is 63.1. The number of rotatable bonds is 8. The second-order valence-electron chi connectivity index (χ2n) is 33.8. The van der Waals surface area contributed by atoms with Crippen LogP contribution in [0.1, 0.15) is 130 Å². The number of fused-ring (bicyclic) bond motifs is 12. The molecule has 0 unspecified atom stereocenters. The molecule has 0 N–H and O–H groups in total. The molecule has 0 amide bonds. The Kier molecular flexibility index (Phi) is 14.0. The SMILES string of the molecule is CC(C)(C)c1ccc(-c2ccc3c(c2)B2c4ccc(-n5c6ccccc6c6ccccc65)cc4N(c4ccc(-c5ccc6c(c5)C(C)(C)CCC6(C)C)cc4)c4cc(-n5c6ccccc6c6cc(-c7ccccc7)ccc65)cc(c42)N3c2ccc(-c3ccc4c(c3)C(C)(C)CCC4(C)C)cc2)cc1. The summed E-state index contributed by atoms with van der Waals surface area (Å²) in [4.78, 5) is 5.25. The minimum Gasteiger partial charge on any atom is -0.311 e. The molecule has 0 fully saturated rings. The van der Waals surface area contributed by atoms with Crippen molar-refractivity contribution < 1.29 is 0 Å². The van der Waals surface area contributed by atoms with Gasteiger partial charge in [0.25, 0.3) is 6.71 Å². The van der Waals surface area contributed by atoms with E-state index in [4.69, 9.17) is 0 Å². The summed E-state index contributed by atoms with van der Waals surface area (Å²) in [5.41, 5.74) is 35.0. The van der Waals surface area contributed by atoms with E-state index >= 15 is 0 Å².